The Morgan fingerprint density at radius 3 is 2.35 bits per heavy atom. The molecule has 6 heteroatoms. The highest BCUT2D eigenvalue weighted by Crippen LogP contribution is 2.17. The summed E-state index contributed by atoms with van der Waals surface area (Å²) < 4.78 is 5.63. The first kappa shape index (κ1) is 15.9. The van der Waals surface area contributed by atoms with E-state index in [1.165, 1.54) is 0 Å². The van der Waals surface area contributed by atoms with Crippen LogP contribution in [0.3, 0.4) is 0 Å². The highest BCUT2D eigenvalue weighted by Gasteiger charge is 2.28. The van der Waals surface area contributed by atoms with Gasteiger partial charge in [0.1, 0.15) is 17.3 Å². The predicted octanol–water partition coefficient (Wildman–Crippen LogP) is 2.05. The van der Waals surface area contributed by atoms with Gasteiger partial charge in [0.25, 0.3) is 0 Å². The van der Waals surface area contributed by atoms with E-state index in [1.54, 1.807) is 11.8 Å². The Morgan fingerprint density at radius 1 is 0.957 bits per heavy atom. The molecular weight excluding hydrogens is 310 g/mol. The topological polar surface area (TPSA) is 62.4 Å². The molecule has 2 unspecified atom stereocenters. The van der Waals surface area contributed by atoms with Crippen LogP contribution in [0.15, 0.2) is 60.7 Å². The number of carbonyl (C=O) groups excluding carboxylic acids is 1. The number of benzene rings is 2. The van der Waals surface area contributed by atoms with Crippen molar-refractivity contribution < 1.29 is 9.53 Å². The number of nitrogens with one attached hydrogen (secondary N) is 3. The van der Waals surface area contributed by atoms with E-state index in [0.717, 1.165) is 17.1 Å². The largest absolute Gasteiger partial charge is 0.493 e. The molecule has 0 aliphatic carbocycles. The molecule has 3 rings (SSSR count). The van der Waals surface area contributed by atoms with Crippen molar-refractivity contribution in [2.24, 2.45) is 0 Å². The normalized spacial score (nSPS) is 20.8. The number of rotatable bonds is 6. The molecule has 0 aromatic heterocycles. The van der Waals surface area contributed by atoms with E-state index in [4.69, 9.17) is 4.74 Å². The fraction of sp³-hybridized carbons (Fsp3) is 0.235. The first-order chi connectivity index (χ1) is 11.3. The third-order valence-electron chi connectivity index (χ3n) is 3.41. The first-order valence-corrected chi connectivity index (χ1v) is 8.53. The molecule has 2 atom stereocenters. The standard InChI is InChI=1S/C17H19N3O2S/c21-16-15(13-7-3-1-4-8-13)19-20-17(18-16)23-12-11-22-14-9-5-2-6-10-14/h1-10,15,17,19-20H,11-12H2,(H,18,21). The zero-order valence-corrected chi connectivity index (χ0v) is 13.4. The lowest BCUT2D eigenvalue weighted by atomic mass is 10.1. The summed E-state index contributed by atoms with van der Waals surface area (Å²) in [4.78, 5) is 12.2. The van der Waals surface area contributed by atoms with Crippen LogP contribution in [0.2, 0.25) is 0 Å². The number of hydrazine groups is 1. The SMILES string of the molecule is O=C1NC(SCCOc2ccccc2)NNC1c1ccccc1. The van der Waals surface area contributed by atoms with Crippen LogP contribution in [0.4, 0.5) is 0 Å². The maximum Gasteiger partial charge on any atom is 0.244 e. The second-order valence-corrected chi connectivity index (χ2v) is 6.27. The van der Waals surface area contributed by atoms with Crippen LogP contribution in [0.1, 0.15) is 11.6 Å². The second kappa shape index (κ2) is 8.01. The van der Waals surface area contributed by atoms with Crippen molar-refractivity contribution in [1.29, 1.82) is 0 Å². The third kappa shape index (κ3) is 4.48. The Bertz CT molecular complexity index is 624. The minimum Gasteiger partial charge on any atom is -0.493 e. The summed E-state index contributed by atoms with van der Waals surface area (Å²) in [6.07, 6.45) is 0. The monoisotopic (exact) mass is 329 g/mol. The highest BCUT2D eigenvalue weighted by atomic mass is 32.2. The molecule has 120 valence electrons. The van der Waals surface area contributed by atoms with Crippen molar-refractivity contribution >= 4 is 17.7 Å². The van der Waals surface area contributed by atoms with Gasteiger partial charge in [0, 0.05) is 5.75 Å². The van der Waals surface area contributed by atoms with Crippen LogP contribution in [0.5, 0.6) is 5.75 Å². The molecule has 2 aromatic carbocycles. The molecule has 1 amide bonds. The number of amides is 1. The van der Waals surface area contributed by atoms with Crippen LogP contribution in [-0.4, -0.2) is 23.8 Å². The van der Waals surface area contributed by atoms with Gasteiger partial charge in [0.05, 0.1) is 6.61 Å². The van der Waals surface area contributed by atoms with E-state index in [0.29, 0.717) is 6.61 Å². The van der Waals surface area contributed by atoms with E-state index in [1.807, 2.05) is 60.7 Å². The Labute approximate surface area is 139 Å². The lowest BCUT2D eigenvalue weighted by Gasteiger charge is -2.31. The number of hydrogen-bond acceptors (Lipinski definition) is 5. The van der Waals surface area contributed by atoms with Crippen molar-refractivity contribution in [3.63, 3.8) is 0 Å². The zero-order chi connectivity index (χ0) is 15.9. The average Bonchev–Trinajstić information content (AvgIpc) is 2.60. The fourth-order valence-electron chi connectivity index (χ4n) is 2.28. The van der Waals surface area contributed by atoms with Gasteiger partial charge in [0.15, 0.2) is 0 Å². The summed E-state index contributed by atoms with van der Waals surface area (Å²) in [6.45, 7) is 0.588. The summed E-state index contributed by atoms with van der Waals surface area (Å²) in [5.41, 5.74) is 6.97. The Morgan fingerprint density at radius 2 is 1.65 bits per heavy atom. The van der Waals surface area contributed by atoms with Crippen molar-refractivity contribution in [2.75, 3.05) is 12.4 Å². The summed E-state index contributed by atoms with van der Waals surface area (Å²) >= 11 is 1.59. The molecule has 0 radical (unpaired) electrons. The van der Waals surface area contributed by atoms with Gasteiger partial charge < -0.3 is 10.1 Å². The van der Waals surface area contributed by atoms with Gasteiger partial charge in [-0.1, -0.05) is 48.5 Å². The summed E-state index contributed by atoms with van der Waals surface area (Å²) in [6, 6.07) is 19.0. The predicted molar refractivity (Wildman–Crippen MR) is 91.8 cm³/mol. The van der Waals surface area contributed by atoms with Crippen LogP contribution < -0.4 is 20.9 Å². The van der Waals surface area contributed by atoms with Crippen molar-refractivity contribution in [2.45, 2.75) is 11.5 Å². The van der Waals surface area contributed by atoms with Crippen LogP contribution in [-0.2, 0) is 4.79 Å². The molecule has 1 heterocycles. The minimum absolute atomic E-state index is 0.0311. The highest BCUT2D eigenvalue weighted by molar-refractivity contribution is 7.99. The quantitative estimate of drug-likeness (QED) is 0.708. The van der Waals surface area contributed by atoms with E-state index < -0.39 is 0 Å². The number of carbonyl (C=O) groups is 1. The molecule has 3 N–H and O–H groups in total. The van der Waals surface area contributed by atoms with Crippen LogP contribution >= 0.6 is 11.8 Å². The lowest BCUT2D eigenvalue weighted by molar-refractivity contribution is -0.125. The Balaban J connectivity index is 1.41. The first-order valence-electron chi connectivity index (χ1n) is 7.49. The summed E-state index contributed by atoms with van der Waals surface area (Å²) in [5, 5.41) is 2.96. The molecule has 5 nitrogen and oxygen atoms in total. The maximum absolute atomic E-state index is 12.2. The van der Waals surface area contributed by atoms with E-state index in [-0.39, 0.29) is 17.4 Å². The average molecular weight is 329 g/mol. The number of ether oxygens (including phenoxy) is 1. The minimum atomic E-state index is -0.367. The van der Waals surface area contributed by atoms with Gasteiger partial charge >= 0.3 is 0 Å². The summed E-state index contributed by atoms with van der Waals surface area (Å²) in [5.74, 6) is 1.59. The molecule has 1 fully saturated rings. The van der Waals surface area contributed by atoms with E-state index in [9.17, 15) is 4.79 Å². The molecule has 1 saturated heterocycles. The van der Waals surface area contributed by atoms with Gasteiger partial charge in [0.2, 0.25) is 5.91 Å². The van der Waals surface area contributed by atoms with Gasteiger partial charge in [-0.25, -0.2) is 10.9 Å². The van der Waals surface area contributed by atoms with Crippen molar-refractivity contribution in [3.8, 4) is 5.75 Å². The summed E-state index contributed by atoms with van der Waals surface area (Å²) in [7, 11) is 0. The lowest BCUT2D eigenvalue weighted by Crippen LogP contribution is -2.60. The van der Waals surface area contributed by atoms with Crippen molar-refractivity contribution in [3.05, 3.63) is 66.2 Å². The number of hydrogen-bond donors (Lipinski definition) is 3. The van der Waals surface area contributed by atoms with Gasteiger partial charge in [-0.2, -0.15) is 0 Å². The number of para-hydroxylation sites is 1. The zero-order valence-electron chi connectivity index (χ0n) is 12.6. The maximum atomic E-state index is 12.2. The van der Waals surface area contributed by atoms with Gasteiger partial charge in [-0.3, -0.25) is 4.79 Å². The molecule has 0 spiro atoms. The number of thioether (sulfide) groups is 1. The molecule has 23 heavy (non-hydrogen) atoms. The van der Waals surface area contributed by atoms with Crippen LogP contribution in [0, 0.1) is 0 Å². The molecule has 2 aromatic rings. The Hall–Kier alpha value is -2.02. The fourth-order valence-corrected chi connectivity index (χ4v) is 3.05. The van der Waals surface area contributed by atoms with E-state index >= 15 is 0 Å². The Kier molecular flexibility index (Phi) is 5.52. The third-order valence-corrected chi connectivity index (χ3v) is 4.38. The molecular formula is C17H19N3O2S. The van der Waals surface area contributed by atoms with Crippen LogP contribution in [0.25, 0.3) is 0 Å². The molecule has 0 bridgehead atoms. The van der Waals surface area contributed by atoms with Gasteiger partial charge in [-0.15, -0.1) is 11.8 Å². The molecule has 0 saturated carbocycles. The van der Waals surface area contributed by atoms with Gasteiger partial charge in [-0.05, 0) is 17.7 Å². The second-order valence-electron chi connectivity index (χ2n) is 5.05. The molecule has 1 aliphatic rings. The van der Waals surface area contributed by atoms with E-state index in [2.05, 4.69) is 16.2 Å². The van der Waals surface area contributed by atoms with Crippen molar-refractivity contribution in [1.82, 2.24) is 16.2 Å². The smallest absolute Gasteiger partial charge is 0.244 e. The molecule has 1 aliphatic heterocycles.